The predicted octanol–water partition coefficient (Wildman–Crippen LogP) is -1.09. The SMILES string of the molecule is CCC(CN)S(=O)(=O)NCCCC(N)=O. The molecular weight excluding hydrogens is 218 g/mol. The highest BCUT2D eigenvalue weighted by Gasteiger charge is 2.21. The van der Waals surface area contributed by atoms with E-state index in [0.29, 0.717) is 12.8 Å². The number of rotatable bonds is 8. The van der Waals surface area contributed by atoms with E-state index in [4.69, 9.17) is 11.5 Å². The minimum Gasteiger partial charge on any atom is -0.370 e. The summed E-state index contributed by atoms with van der Waals surface area (Å²) in [6.07, 6.45) is 1.07. The fourth-order valence-electron chi connectivity index (χ4n) is 1.11. The summed E-state index contributed by atoms with van der Waals surface area (Å²) < 4.78 is 25.5. The molecule has 0 aliphatic heterocycles. The van der Waals surface area contributed by atoms with Crippen molar-refractivity contribution in [3.05, 3.63) is 0 Å². The van der Waals surface area contributed by atoms with Crippen molar-refractivity contribution < 1.29 is 13.2 Å². The van der Waals surface area contributed by atoms with E-state index in [1.165, 1.54) is 0 Å². The third kappa shape index (κ3) is 5.71. The van der Waals surface area contributed by atoms with Crippen LogP contribution in [0.3, 0.4) is 0 Å². The highest BCUT2D eigenvalue weighted by Crippen LogP contribution is 2.02. The largest absolute Gasteiger partial charge is 0.370 e. The van der Waals surface area contributed by atoms with Gasteiger partial charge in [-0.15, -0.1) is 0 Å². The van der Waals surface area contributed by atoms with Gasteiger partial charge in [-0.05, 0) is 12.8 Å². The van der Waals surface area contributed by atoms with E-state index < -0.39 is 21.2 Å². The Morgan fingerprint density at radius 1 is 1.47 bits per heavy atom. The van der Waals surface area contributed by atoms with Crippen molar-refractivity contribution >= 4 is 15.9 Å². The maximum absolute atomic E-state index is 11.5. The smallest absolute Gasteiger partial charge is 0.217 e. The zero-order valence-electron chi connectivity index (χ0n) is 8.90. The minimum absolute atomic E-state index is 0.0989. The van der Waals surface area contributed by atoms with Crippen LogP contribution in [-0.2, 0) is 14.8 Å². The van der Waals surface area contributed by atoms with Gasteiger partial charge < -0.3 is 11.5 Å². The molecule has 0 radical (unpaired) electrons. The quantitative estimate of drug-likeness (QED) is 0.465. The molecule has 0 heterocycles. The van der Waals surface area contributed by atoms with Crippen molar-refractivity contribution in [2.75, 3.05) is 13.1 Å². The van der Waals surface area contributed by atoms with Gasteiger partial charge in [0.25, 0.3) is 0 Å². The third-order valence-corrected chi connectivity index (χ3v) is 4.07. The zero-order chi connectivity index (χ0) is 11.9. The van der Waals surface area contributed by atoms with Crippen LogP contribution in [0.15, 0.2) is 0 Å². The van der Waals surface area contributed by atoms with E-state index >= 15 is 0 Å². The number of hydrogen-bond donors (Lipinski definition) is 3. The zero-order valence-corrected chi connectivity index (χ0v) is 9.72. The number of sulfonamides is 1. The molecule has 1 amide bonds. The summed E-state index contributed by atoms with van der Waals surface area (Å²) in [7, 11) is -3.35. The molecule has 0 fully saturated rings. The highest BCUT2D eigenvalue weighted by molar-refractivity contribution is 7.90. The summed E-state index contributed by atoms with van der Waals surface area (Å²) >= 11 is 0. The molecule has 5 N–H and O–H groups in total. The van der Waals surface area contributed by atoms with Crippen molar-refractivity contribution in [3.8, 4) is 0 Å². The van der Waals surface area contributed by atoms with Gasteiger partial charge in [-0.1, -0.05) is 6.92 Å². The summed E-state index contributed by atoms with van der Waals surface area (Å²) in [6.45, 7) is 2.09. The van der Waals surface area contributed by atoms with E-state index in [9.17, 15) is 13.2 Å². The van der Waals surface area contributed by atoms with Crippen LogP contribution in [0.2, 0.25) is 0 Å². The minimum atomic E-state index is -3.35. The Kier molecular flexibility index (Phi) is 6.46. The first kappa shape index (κ1) is 14.3. The number of nitrogens with one attached hydrogen (secondary N) is 1. The van der Waals surface area contributed by atoms with Gasteiger partial charge in [0.15, 0.2) is 0 Å². The molecule has 0 spiro atoms. The molecule has 0 rings (SSSR count). The Morgan fingerprint density at radius 2 is 2.07 bits per heavy atom. The number of primary amides is 1. The van der Waals surface area contributed by atoms with Gasteiger partial charge >= 0.3 is 0 Å². The van der Waals surface area contributed by atoms with Crippen molar-refractivity contribution in [1.82, 2.24) is 4.72 Å². The highest BCUT2D eigenvalue weighted by atomic mass is 32.2. The predicted molar refractivity (Wildman–Crippen MR) is 58.5 cm³/mol. The second kappa shape index (κ2) is 6.76. The molecule has 0 saturated heterocycles. The number of amides is 1. The fourth-order valence-corrected chi connectivity index (χ4v) is 2.46. The topological polar surface area (TPSA) is 115 Å². The number of hydrogen-bond acceptors (Lipinski definition) is 4. The van der Waals surface area contributed by atoms with Crippen LogP contribution in [-0.4, -0.2) is 32.7 Å². The van der Waals surface area contributed by atoms with Crippen LogP contribution in [0, 0.1) is 0 Å². The number of carbonyl (C=O) groups excluding carboxylic acids is 1. The molecule has 0 aromatic rings. The average molecular weight is 237 g/mol. The van der Waals surface area contributed by atoms with Gasteiger partial charge in [0, 0.05) is 19.5 Å². The van der Waals surface area contributed by atoms with Gasteiger partial charge in [0.1, 0.15) is 0 Å². The lowest BCUT2D eigenvalue weighted by Crippen LogP contribution is -2.39. The Morgan fingerprint density at radius 3 is 2.47 bits per heavy atom. The van der Waals surface area contributed by atoms with Crippen LogP contribution < -0.4 is 16.2 Å². The summed E-state index contributed by atoms with van der Waals surface area (Å²) in [6, 6.07) is 0. The van der Waals surface area contributed by atoms with Crippen LogP contribution in [0.25, 0.3) is 0 Å². The molecule has 0 saturated carbocycles. The molecule has 0 aromatic heterocycles. The van der Waals surface area contributed by atoms with Gasteiger partial charge in [0.2, 0.25) is 15.9 Å². The van der Waals surface area contributed by atoms with Crippen LogP contribution in [0.1, 0.15) is 26.2 Å². The standard InChI is InChI=1S/C8H19N3O3S/c1-2-7(6-9)15(13,14)11-5-3-4-8(10)12/h7,11H,2-6,9H2,1H3,(H2,10,12). The van der Waals surface area contributed by atoms with E-state index in [-0.39, 0.29) is 19.5 Å². The Balaban J connectivity index is 3.99. The summed E-state index contributed by atoms with van der Waals surface area (Å²) in [5.41, 5.74) is 10.2. The first-order valence-corrected chi connectivity index (χ1v) is 6.45. The maximum Gasteiger partial charge on any atom is 0.217 e. The molecule has 0 aromatic carbocycles. The molecule has 0 aliphatic carbocycles. The van der Waals surface area contributed by atoms with Gasteiger partial charge in [-0.25, -0.2) is 13.1 Å². The molecular formula is C8H19N3O3S. The normalized spacial score (nSPS) is 13.7. The van der Waals surface area contributed by atoms with E-state index in [2.05, 4.69) is 4.72 Å². The van der Waals surface area contributed by atoms with E-state index in [1.807, 2.05) is 0 Å². The number of carbonyl (C=O) groups is 1. The Bertz CT molecular complexity index is 286. The van der Waals surface area contributed by atoms with E-state index in [0.717, 1.165) is 0 Å². The lowest BCUT2D eigenvalue weighted by Gasteiger charge is -2.14. The maximum atomic E-state index is 11.5. The van der Waals surface area contributed by atoms with Crippen molar-refractivity contribution in [2.24, 2.45) is 11.5 Å². The van der Waals surface area contributed by atoms with Gasteiger partial charge in [-0.3, -0.25) is 4.79 Å². The summed E-state index contributed by atoms with van der Waals surface area (Å²) in [4.78, 5) is 10.4. The van der Waals surface area contributed by atoms with Crippen molar-refractivity contribution in [1.29, 1.82) is 0 Å². The summed E-state index contributed by atoms with van der Waals surface area (Å²) in [5, 5.41) is -0.564. The Labute approximate surface area is 90.4 Å². The molecule has 7 heteroatoms. The molecule has 0 aliphatic rings. The van der Waals surface area contributed by atoms with Gasteiger partial charge in [0.05, 0.1) is 5.25 Å². The van der Waals surface area contributed by atoms with Gasteiger partial charge in [-0.2, -0.15) is 0 Å². The molecule has 0 bridgehead atoms. The van der Waals surface area contributed by atoms with Crippen LogP contribution in [0.4, 0.5) is 0 Å². The fraction of sp³-hybridized carbons (Fsp3) is 0.875. The van der Waals surface area contributed by atoms with Crippen LogP contribution >= 0.6 is 0 Å². The second-order valence-electron chi connectivity index (χ2n) is 3.28. The number of nitrogens with two attached hydrogens (primary N) is 2. The van der Waals surface area contributed by atoms with Crippen molar-refractivity contribution in [2.45, 2.75) is 31.4 Å². The molecule has 90 valence electrons. The van der Waals surface area contributed by atoms with Crippen LogP contribution in [0.5, 0.6) is 0 Å². The first-order chi connectivity index (χ1) is 6.94. The molecule has 6 nitrogen and oxygen atoms in total. The summed E-state index contributed by atoms with van der Waals surface area (Å²) in [5.74, 6) is -0.430. The lowest BCUT2D eigenvalue weighted by molar-refractivity contribution is -0.118. The second-order valence-corrected chi connectivity index (χ2v) is 5.32. The van der Waals surface area contributed by atoms with Crippen molar-refractivity contribution in [3.63, 3.8) is 0 Å². The average Bonchev–Trinajstić information content (AvgIpc) is 2.14. The molecule has 1 atom stereocenters. The molecule has 15 heavy (non-hydrogen) atoms. The lowest BCUT2D eigenvalue weighted by atomic mass is 10.3. The molecule has 1 unspecified atom stereocenters. The first-order valence-electron chi connectivity index (χ1n) is 4.90. The third-order valence-electron chi connectivity index (χ3n) is 2.06. The monoisotopic (exact) mass is 237 g/mol. The van der Waals surface area contributed by atoms with E-state index in [1.54, 1.807) is 6.92 Å². The Hall–Kier alpha value is -0.660.